The molecule has 0 saturated heterocycles. The highest BCUT2D eigenvalue weighted by atomic mass is 35.5. The van der Waals surface area contributed by atoms with Crippen molar-refractivity contribution in [2.24, 2.45) is 0 Å². The van der Waals surface area contributed by atoms with Crippen LogP contribution in [0.5, 0.6) is 0 Å². The van der Waals surface area contributed by atoms with E-state index < -0.39 is 0 Å². The summed E-state index contributed by atoms with van der Waals surface area (Å²) < 4.78 is 0. The first-order chi connectivity index (χ1) is 17.4. The Hall–Kier alpha value is -1.95. The standard InChI is InChI=1S/C29H35Cl3N2O2/c1-3-13-33(15-17-35)23-9-11-25(27(31)19-23)29(21-5-7-22(30)8-6-21)26-12-10-24(20-28(26)32)34(14-4-2)16-18-36/h5-12,19-20,29,35-36H,3-4,13-18H2,1-2H3. The lowest BCUT2D eigenvalue weighted by Crippen LogP contribution is -2.27. The largest absolute Gasteiger partial charge is 0.395 e. The molecule has 0 aliphatic carbocycles. The predicted molar refractivity (Wildman–Crippen MR) is 154 cm³/mol. The van der Waals surface area contributed by atoms with Crippen LogP contribution in [0.4, 0.5) is 11.4 Å². The zero-order valence-electron chi connectivity index (χ0n) is 20.9. The minimum absolute atomic E-state index is 0.0834. The van der Waals surface area contributed by atoms with Gasteiger partial charge in [-0.1, -0.05) is 72.9 Å². The Kier molecular flexibility index (Phi) is 11.2. The minimum atomic E-state index is -0.194. The Morgan fingerprint density at radius 2 is 1.08 bits per heavy atom. The van der Waals surface area contributed by atoms with E-state index in [0.29, 0.717) is 28.2 Å². The number of halogens is 3. The fourth-order valence-electron chi connectivity index (χ4n) is 4.60. The molecule has 0 spiro atoms. The van der Waals surface area contributed by atoms with Gasteiger partial charge < -0.3 is 20.0 Å². The van der Waals surface area contributed by atoms with Crippen molar-refractivity contribution in [1.82, 2.24) is 0 Å². The number of nitrogens with zero attached hydrogens (tertiary/aromatic N) is 2. The average Bonchev–Trinajstić information content (AvgIpc) is 2.86. The molecular formula is C29H35Cl3N2O2. The van der Waals surface area contributed by atoms with Crippen LogP contribution in [0.15, 0.2) is 60.7 Å². The normalized spacial score (nSPS) is 11.2. The third-order valence-corrected chi connectivity index (χ3v) is 7.16. The molecule has 0 radical (unpaired) electrons. The van der Waals surface area contributed by atoms with Gasteiger partial charge in [0, 0.05) is 58.5 Å². The molecular weight excluding hydrogens is 515 g/mol. The molecule has 0 heterocycles. The molecule has 0 aliphatic heterocycles. The van der Waals surface area contributed by atoms with Gasteiger partial charge in [0.25, 0.3) is 0 Å². The summed E-state index contributed by atoms with van der Waals surface area (Å²) in [5.74, 6) is -0.194. The second-order valence-electron chi connectivity index (χ2n) is 8.82. The van der Waals surface area contributed by atoms with E-state index in [9.17, 15) is 10.2 Å². The molecule has 7 heteroatoms. The maximum absolute atomic E-state index is 9.50. The van der Waals surface area contributed by atoms with Gasteiger partial charge in [-0.15, -0.1) is 0 Å². The van der Waals surface area contributed by atoms with Crippen molar-refractivity contribution >= 4 is 46.2 Å². The SMILES string of the molecule is CCCN(CCO)c1ccc(C(c2ccc(Cl)cc2)c2ccc(N(CCC)CCO)cc2Cl)c(Cl)c1. The molecule has 36 heavy (non-hydrogen) atoms. The smallest absolute Gasteiger partial charge is 0.0606 e. The monoisotopic (exact) mass is 548 g/mol. The first-order valence-electron chi connectivity index (χ1n) is 12.5. The summed E-state index contributed by atoms with van der Waals surface area (Å²) in [5.41, 5.74) is 4.88. The van der Waals surface area contributed by atoms with Crippen molar-refractivity contribution in [3.63, 3.8) is 0 Å². The number of anilines is 2. The third kappa shape index (κ3) is 7.08. The van der Waals surface area contributed by atoms with Gasteiger partial charge in [0.2, 0.25) is 0 Å². The highest BCUT2D eigenvalue weighted by Crippen LogP contribution is 2.41. The van der Waals surface area contributed by atoms with Crippen LogP contribution in [-0.4, -0.2) is 49.6 Å². The highest BCUT2D eigenvalue weighted by molar-refractivity contribution is 6.33. The number of aliphatic hydroxyl groups excluding tert-OH is 2. The summed E-state index contributed by atoms with van der Waals surface area (Å²) in [6.07, 6.45) is 1.94. The van der Waals surface area contributed by atoms with E-state index in [4.69, 9.17) is 34.8 Å². The Labute approximate surface area is 230 Å². The average molecular weight is 550 g/mol. The summed E-state index contributed by atoms with van der Waals surface area (Å²) in [7, 11) is 0. The second-order valence-corrected chi connectivity index (χ2v) is 10.1. The Balaban J connectivity index is 2.08. The van der Waals surface area contributed by atoms with Crippen LogP contribution in [0.25, 0.3) is 0 Å². The number of rotatable bonds is 13. The van der Waals surface area contributed by atoms with Crippen molar-refractivity contribution in [2.45, 2.75) is 32.6 Å². The lowest BCUT2D eigenvalue weighted by atomic mass is 9.84. The van der Waals surface area contributed by atoms with Gasteiger partial charge >= 0.3 is 0 Å². The Morgan fingerprint density at radius 3 is 1.44 bits per heavy atom. The van der Waals surface area contributed by atoms with Gasteiger partial charge in [0.15, 0.2) is 0 Å². The Morgan fingerprint density at radius 1 is 0.639 bits per heavy atom. The zero-order chi connectivity index (χ0) is 26.1. The van der Waals surface area contributed by atoms with Crippen LogP contribution in [0.1, 0.15) is 49.3 Å². The summed E-state index contributed by atoms with van der Waals surface area (Å²) in [4.78, 5) is 4.27. The van der Waals surface area contributed by atoms with Crippen molar-refractivity contribution in [3.8, 4) is 0 Å². The lowest BCUT2D eigenvalue weighted by molar-refractivity contribution is 0.301. The van der Waals surface area contributed by atoms with Gasteiger partial charge in [-0.05, 0) is 65.9 Å². The third-order valence-electron chi connectivity index (χ3n) is 6.25. The maximum Gasteiger partial charge on any atom is 0.0606 e. The van der Waals surface area contributed by atoms with Crippen LogP contribution < -0.4 is 9.80 Å². The van der Waals surface area contributed by atoms with E-state index >= 15 is 0 Å². The van der Waals surface area contributed by atoms with E-state index in [1.165, 1.54) is 0 Å². The maximum atomic E-state index is 9.50. The summed E-state index contributed by atoms with van der Waals surface area (Å²) in [6.45, 7) is 7.19. The van der Waals surface area contributed by atoms with Gasteiger partial charge in [-0.2, -0.15) is 0 Å². The fourth-order valence-corrected chi connectivity index (χ4v) is 5.29. The fraction of sp³-hybridized carbons (Fsp3) is 0.379. The van der Waals surface area contributed by atoms with Crippen LogP contribution in [-0.2, 0) is 0 Å². The summed E-state index contributed by atoms with van der Waals surface area (Å²) in [5, 5.41) is 20.9. The van der Waals surface area contributed by atoms with Gasteiger partial charge in [0.1, 0.15) is 0 Å². The first kappa shape index (κ1) is 28.6. The predicted octanol–water partition coefficient (Wildman–Crippen LogP) is 7.24. The van der Waals surface area contributed by atoms with Crippen molar-refractivity contribution in [3.05, 3.63) is 92.4 Å². The molecule has 0 saturated carbocycles. The molecule has 0 unspecified atom stereocenters. The molecule has 0 bridgehead atoms. The molecule has 0 amide bonds. The molecule has 0 fully saturated rings. The van der Waals surface area contributed by atoms with E-state index in [1.54, 1.807) is 0 Å². The van der Waals surface area contributed by atoms with Crippen LogP contribution >= 0.6 is 34.8 Å². The molecule has 0 aromatic heterocycles. The van der Waals surface area contributed by atoms with Crippen molar-refractivity contribution in [2.75, 3.05) is 49.2 Å². The van der Waals surface area contributed by atoms with E-state index in [1.807, 2.05) is 36.4 Å². The Bertz CT molecular complexity index is 1030. The number of aliphatic hydroxyl groups is 2. The molecule has 2 N–H and O–H groups in total. The molecule has 0 atom stereocenters. The molecule has 4 nitrogen and oxygen atoms in total. The van der Waals surface area contributed by atoms with E-state index in [2.05, 4.69) is 47.9 Å². The molecule has 3 rings (SSSR count). The number of hydrogen-bond donors (Lipinski definition) is 2. The van der Waals surface area contributed by atoms with Crippen LogP contribution in [0, 0.1) is 0 Å². The number of hydrogen-bond acceptors (Lipinski definition) is 4. The molecule has 3 aromatic carbocycles. The van der Waals surface area contributed by atoms with Gasteiger partial charge in [-0.3, -0.25) is 0 Å². The number of benzene rings is 3. The quantitative estimate of drug-likeness (QED) is 0.221. The van der Waals surface area contributed by atoms with E-state index in [0.717, 1.165) is 54.0 Å². The van der Waals surface area contributed by atoms with Crippen LogP contribution in [0.3, 0.4) is 0 Å². The van der Waals surface area contributed by atoms with Crippen LogP contribution in [0.2, 0.25) is 15.1 Å². The minimum Gasteiger partial charge on any atom is -0.395 e. The van der Waals surface area contributed by atoms with E-state index in [-0.39, 0.29) is 19.1 Å². The molecule has 194 valence electrons. The molecule has 0 aliphatic rings. The highest BCUT2D eigenvalue weighted by Gasteiger charge is 2.23. The zero-order valence-corrected chi connectivity index (χ0v) is 23.2. The molecule has 3 aromatic rings. The second kappa shape index (κ2) is 14.1. The van der Waals surface area contributed by atoms with Crippen molar-refractivity contribution < 1.29 is 10.2 Å². The van der Waals surface area contributed by atoms with Gasteiger partial charge in [-0.25, -0.2) is 0 Å². The lowest BCUT2D eigenvalue weighted by Gasteiger charge is -2.27. The topological polar surface area (TPSA) is 46.9 Å². The van der Waals surface area contributed by atoms with Gasteiger partial charge in [0.05, 0.1) is 13.2 Å². The first-order valence-corrected chi connectivity index (χ1v) is 13.6. The summed E-state index contributed by atoms with van der Waals surface area (Å²) in [6, 6.07) is 19.9. The summed E-state index contributed by atoms with van der Waals surface area (Å²) >= 11 is 20.0. The van der Waals surface area contributed by atoms with Crippen molar-refractivity contribution in [1.29, 1.82) is 0 Å².